The van der Waals surface area contributed by atoms with E-state index >= 15 is 0 Å². The van der Waals surface area contributed by atoms with Gasteiger partial charge in [-0.2, -0.15) is 5.10 Å². The SMILES string of the molecule is Cc1nc2ccccc2c(=O)n1-c1ccc(C(=O)Nc2ccccc2-n2ncc3c(=O)[nH]cnc32)cc1. The van der Waals surface area contributed by atoms with Crippen molar-refractivity contribution in [2.24, 2.45) is 0 Å². The minimum absolute atomic E-state index is 0.173. The predicted octanol–water partition coefficient (Wildman–Crippen LogP) is 3.37. The Balaban J connectivity index is 1.32. The fourth-order valence-electron chi connectivity index (χ4n) is 4.30. The summed E-state index contributed by atoms with van der Waals surface area (Å²) < 4.78 is 3.03. The molecule has 3 aromatic heterocycles. The van der Waals surface area contributed by atoms with Crippen molar-refractivity contribution in [1.29, 1.82) is 0 Å². The van der Waals surface area contributed by atoms with Crippen LogP contribution in [0.15, 0.2) is 94.9 Å². The highest BCUT2D eigenvalue weighted by atomic mass is 16.2. The number of H-pyrrole nitrogens is 1. The monoisotopic (exact) mass is 489 g/mol. The fraction of sp³-hybridized carbons (Fsp3) is 0.0370. The van der Waals surface area contributed by atoms with Crippen molar-refractivity contribution in [3.05, 3.63) is 117 Å². The van der Waals surface area contributed by atoms with Gasteiger partial charge < -0.3 is 10.3 Å². The number of hydrogen-bond donors (Lipinski definition) is 2. The van der Waals surface area contributed by atoms with Crippen molar-refractivity contribution >= 4 is 33.5 Å². The van der Waals surface area contributed by atoms with Crippen LogP contribution in [0.1, 0.15) is 16.2 Å². The molecule has 0 atom stereocenters. The van der Waals surface area contributed by atoms with Crippen LogP contribution in [0.4, 0.5) is 5.69 Å². The second-order valence-corrected chi connectivity index (χ2v) is 8.36. The van der Waals surface area contributed by atoms with Crippen molar-refractivity contribution in [3.63, 3.8) is 0 Å². The number of nitrogens with one attached hydrogen (secondary N) is 2. The maximum absolute atomic E-state index is 13.1. The molecule has 0 aliphatic heterocycles. The number of benzene rings is 3. The molecule has 0 radical (unpaired) electrons. The molecule has 0 saturated heterocycles. The summed E-state index contributed by atoms with van der Waals surface area (Å²) in [7, 11) is 0. The molecule has 10 nitrogen and oxygen atoms in total. The molecular formula is C27H19N7O3. The van der Waals surface area contributed by atoms with Gasteiger partial charge in [0.15, 0.2) is 5.65 Å². The average molecular weight is 489 g/mol. The van der Waals surface area contributed by atoms with Gasteiger partial charge in [-0.3, -0.25) is 19.0 Å². The van der Waals surface area contributed by atoms with Gasteiger partial charge in [-0.1, -0.05) is 24.3 Å². The highest BCUT2D eigenvalue weighted by Gasteiger charge is 2.15. The predicted molar refractivity (Wildman–Crippen MR) is 140 cm³/mol. The van der Waals surface area contributed by atoms with E-state index in [4.69, 9.17) is 0 Å². The zero-order valence-electron chi connectivity index (χ0n) is 19.5. The quantitative estimate of drug-likeness (QED) is 0.391. The highest BCUT2D eigenvalue weighted by Crippen LogP contribution is 2.23. The number of anilines is 1. The van der Waals surface area contributed by atoms with Crippen LogP contribution in [0.3, 0.4) is 0 Å². The van der Waals surface area contributed by atoms with E-state index in [1.807, 2.05) is 6.07 Å². The third kappa shape index (κ3) is 3.76. The molecule has 2 N–H and O–H groups in total. The van der Waals surface area contributed by atoms with Crippen LogP contribution in [-0.2, 0) is 0 Å². The molecule has 0 saturated carbocycles. The second-order valence-electron chi connectivity index (χ2n) is 8.36. The first kappa shape index (κ1) is 22.1. The Hall–Kier alpha value is -5.38. The van der Waals surface area contributed by atoms with Crippen LogP contribution in [0, 0.1) is 6.92 Å². The molecule has 0 spiro atoms. The third-order valence-corrected chi connectivity index (χ3v) is 6.08. The van der Waals surface area contributed by atoms with E-state index in [0.717, 1.165) is 0 Å². The summed E-state index contributed by atoms with van der Waals surface area (Å²) in [6.07, 6.45) is 2.74. The first-order valence-corrected chi connectivity index (χ1v) is 11.4. The molecule has 10 heteroatoms. The first-order valence-electron chi connectivity index (χ1n) is 11.4. The van der Waals surface area contributed by atoms with Gasteiger partial charge in [-0.05, 0) is 55.5 Å². The lowest BCUT2D eigenvalue weighted by molar-refractivity contribution is 0.102. The normalized spacial score (nSPS) is 11.2. The Labute approximate surface area is 208 Å². The second kappa shape index (κ2) is 8.68. The number of para-hydroxylation sites is 3. The number of amides is 1. The smallest absolute Gasteiger partial charge is 0.265 e. The minimum atomic E-state index is -0.345. The van der Waals surface area contributed by atoms with Crippen LogP contribution >= 0.6 is 0 Å². The Morgan fingerprint density at radius 1 is 0.919 bits per heavy atom. The van der Waals surface area contributed by atoms with Crippen LogP contribution in [0.25, 0.3) is 33.3 Å². The molecule has 0 aliphatic carbocycles. The lowest BCUT2D eigenvalue weighted by Crippen LogP contribution is -2.22. The molecule has 1 amide bonds. The van der Waals surface area contributed by atoms with Crippen LogP contribution < -0.4 is 16.4 Å². The highest BCUT2D eigenvalue weighted by molar-refractivity contribution is 6.05. The molecule has 37 heavy (non-hydrogen) atoms. The van der Waals surface area contributed by atoms with Gasteiger partial charge in [-0.15, -0.1) is 0 Å². The fourth-order valence-corrected chi connectivity index (χ4v) is 4.30. The first-order chi connectivity index (χ1) is 18.0. The molecular weight excluding hydrogens is 470 g/mol. The van der Waals surface area contributed by atoms with Crippen molar-refractivity contribution in [1.82, 2.24) is 29.3 Å². The van der Waals surface area contributed by atoms with Crippen molar-refractivity contribution in [3.8, 4) is 11.4 Å². The van der Waals surface area contributed by atoms with Gasteiger partial charge in [0.05, 0.1) is 40.5 Å². The minimum Gasteiger partial charge on any atom is -0.320 e. The third-order valence-electron chi connectivity index (χ3n) is 6.08. The van der Waals surface area contributed by atoms with Gasteiger partial charge >= 0.3 is 0 Å². The molecule has 3 aromatic carbocycles. The summed E-state index contributed by atoms with van der Waals surface area (Å²) in [5.74, 6) is 0.204. The lowest BCUT2D eigenvalue weighted by atomic mass is 10.1. The van der Waals surface area contributed by atoms with Crippen molar-refractivity contribution in [2.75, 3.05) is 5.32 Å². The number of carbonyl (C=O) groups excluding carboxylic acids is 1. The number of aryl methyl sites for hydroxylation is 1. The van der Waals surface area contributed by atoms with Crippen molar-refractivity contribution < 1.29 is 4.79 Å². The van der Waals surface area contributed by atoms with E-state index < -0.39 is 0 Å². The zero-order chi connectivity index (χ0) is 25.5. The number of aromatic nitrogens is 6. The molecule has 0 fully saturated rings. The van der Waals surface area contributed by atoms with Crippen LogP contribution in [-0.4, -0.2) is 35.2 Å². The molecule has 0 unspecified atom stereocenters. The lowest BCUT2D eigenvalue weighted by Gasteiger charge is -2.13. The van der Waals surface area contributed by atoms with Gasteiger partial charge in [-0.25, -0.2) is 14.6 Å². The molecule has 0 bridgehead atoms. The summed E-state index contributed by atoms with van der Waals surface area (Å²) in [5, 5.41) is 8.06. The summed E-state index contributed by atoms with van der Waals surface area (Å²) in [6.45, 7) is 1.77. The summed E-state index contributed by atoms with van der Waals surface area (Å²) in [6, 6.07) is 21.0. The van der Waals surface area contributed by atoms with Gasteiger partial charge in [0.2, 0.25) is 0 Å². The van der Waals surface area contributed by atoms with E-state index in [2.05, 4.69) is 25.4 Å². The van der Waals surface area contributed by atoms with E-state index in [1.165, 1.54) is 21.8 Å². The topological polar surface area (TPSA) is 128 Å². The van der Waals surface area contributed by atoms with Crippen LogP contribution in [0.2, 0.25) is 0 Å². The van der Waals surface area contributed by atoms with E-state index in [0.29, 0.717) is 50.4 Å². The summed E-state index contributed by atoms with van der Waals surface area (Å²) >= 11 is 0. The molecule has 180 valence electrons. The Bertz CT molecular complexity index is 1930. The molecule has 0 aliphatic rings. The van der Waals surface area contributed by atoms with Crippen LogP contribution in [0.5, 0.6) is 0 Å². The maximum Gasteiger partial charge on any atom is 0.265 e. The average Bonchev–Trinajstić information content (AvgIpc) is 3.35. The number of hydrogen-bond acceptors (Lipinski definition) is 6. The summed E-state index contributed by atoms with van der Waals surface area (Å²) in [4.78, 5) is 49.6. The summed E-state index contributed by atoms with van der Waals surface area (Å²) in [5.41, 5.74) is 2.61. The van der Waals surface area contributed by atoms with Gasteiger partial charge in [0, 0.05) is 5.56 Å². The number of carbonyl (C=O) groups is 1. The van der Waals surface area contributed by atoms with E-state index in [1.54, 1.807) is 73.7 Å². The number of nitrogens with zero attached hydrogens (tertiary/aromatic N) is 5. The van der Waals surface area contributed by atoms with E-state index in [9.17, 15) is 14.4 Å². The molecule has 6 rings (SSSR count). The van der Waals surface area contributed by atoms with E-state index in [-0.39, 0.29) is 17.0 Å². The Kier molecular flexibility index (Phi) is 5.19. The molecule has 6 aromatic rings. The standard InChI is InChI=1S/C27H19N7O3/c1-16-31-21-7-3-2-6-19(21)27(37)33(16)18-12-10-17(11-13-18)25(35)32-22-8-4-5-9-23(22)34-24-20(14-30-34)26(36)29-15-28-24/h2-15H,1H3,(H,32,35)(H,28,29,36). The van der Waals surface area contributed by atoms with Gasteiger partial charge in [0.25, 0.3) is 17.0 Å². The zero-order valence-corrected chi connectivity index (χ0v) is 19.5. The van der Waals surface area contributed by atoms with Gasteiger partial charge in [0.1, 0.15) is 11.2 Å². The Morgan fingerprint density at radius 2 is 1.68 bits per heavy atom. The molecule has 3 heterocycles. The number of rotatable bonds is 4. The maximum atomic E-state index is 13.1. The Morgan fingerprint density at radius 3 is 2.51 bits per heavy atom. The number of fused-ring (bicyclic) bond motifs is 2. The largest absolute Gasteiger partial charge is 0.320 e. The van der Waals surface area contributed by atoms with Crippen molar-refractivity contribution in [2.45, 2.75) is 6.92 Å². The number of aromatic amines is 1.